The zero-order valence-electron chi connectivity index (χ0n) is 16.6. The summed E-state index contributed by atoms with van der Waals surface area (Å²) in [5.41, 5.74) is 2.07. The molecule has 0 aliphatic carbocycles. The van der Waals surface area contributed by atoms with Gasteiger partial charge in [-0.2, -0.15) is 0 Å². The second kappa shape index (κ2) is 8.39. The topological polar surface area (TPSA) is 84.9 Å². The van der Waals surface area contributed by atoms with Crippen molar-refractivity contribution in [3.05, 3.63) is 60.2 Å². The quantitative estimate of drug-likeness (QED) is 0.754. The van der Waals surface area contributed by atoms with Crippen LogP contribution < -0.4 is 14.2 Å². The van der Waals surface area contributed by atoms with Gasteiger partial charge in [0.1, 0.15) is 0 Å². The highest BCUT2D eigenvalue weighted by Crippen LogP contribution is 2.32. The first-order valence-electron chi connectivity index (χ1n) is 9.91. The molecular weight excluding hydrogens is 404 g/mol. The molecule has 0 saturated carbocycles. The Kier molecular flexibility index (Phi) is 5.67. The minimum absolute atomic E-state index is 0.0557. The smallest absolute Gasteiger partial charge is 0.262 e. The van der Waals surface area contributed by atoms with Gasteiger partial charge in [-0.3, -0.25) is 9.52 Å². The molecule has 2 aromatic carbocycles. The van der Waals surface area contributed by atoms with Gasteiger partial charge < -0.3 is 14.4 Å². The first-order valence-corrected chi connectivity index (χ1v) is 11.4. The number of ether oxygens (including phenoxy) is 2. The summed E-state index contributed by atoms with van der Waals surface area (Å²) in [7, 11) is -3.81. The van der Waals surface area contributed by atoms with E-state index < -0.39 is 10.0 Å². The van der Waals surface area contributed by atoms with Crippen molar-refractivity contribution in [2.75, 3.05) is 31.0 Å². The van der Waals surface area contributed by atoms with Crippen LogP contribution >= 0.6 is 0 Å². The molecule has 0 bridgehead atoms. The SMILES string of the molecule is C=C1CCN(C(=O)c2ccc(NS(=O)(=O)c3ccc4c(c3)OCCCO4)cc2)CC1. The van der Waals surface area contributed by atoms with Gasteiger partial charge in [0.2, 0.25) is 0 Å². The number of piperidine rings is 1. The van der Waals surface area contributed by atoms with Crippen molar-refractivity contribution in [3.8, 4) is 11.5 Å². The maximum Gasteiger partial charge on any atom is 0.262 e. The molecule has 30 heavy (non-hydrogen) atoms. The van der Waals surface area contributed by atoms with E-state index >= 15 is 0 Å². The van der Waals surface area contributed by atoms with Gasteiger partial charge in [0.25, 0.3) is 15.9 Å². The third-order valence-corrected chi connectivity index (χ3v) is 6.55. The number of anilines is 1. The Morgan fingerprint density at radius 1 is 0.967 bits per heavy atom. The van der Waals surface area contributed by atoms with Gasteiger partial charge in [0.15, 0.2) is 11.5 Å². The fourth-order valence-corrected chi connectivity index (χ4v) is 4.49. The van der Waals surface area contributed by atoms with Crippen molar-refractivity contribution < 1.29 is 22.7 Å². The standard InChI is InChI=1S/C22H24N2O5S/c1-16-9-11-24(12-10-16)22(25)17-3-5-18(6-4-17)23-30(26,27)19-7-8-20-21(15-19)29-14-2-13-28-20/h3-8,15,23H,1-2,9-14H2. The van der Waals surface area contributed by atoms with E-state index in [0.29, 0.717) is 49.1 Å². The highest BCUT2D eigenvalue weighted by atomic mass is 32.2. The lowest BCUT2D eigenvalue weighted by molar-refractivity contribution is 0.0744. The first kappa shape index (κ1) is 20.3. The lowest BCUT2D eigenvalue weighted by Crippen LogP contribution is -2.36. The van der Waals surface area contributed by atoms with Gasteiger partial charge in [-0.05, 0) is 49.2 Å². The van der Waals surface area contributed by atoms with Crippen LogP contribution in [0.3, 0.4) is 0 Å². The van der Waals surface area contributed by atoms with E-state index in [1.165, 1.54) is 17.7 Å². The number of sulfonamides is 1. The molecule has 1 amide bonds. The molecule has 0 aromatic heterocycles. The predicted octanol–water partition coefficient (Wildman–Crippen LogP) is 3.44. The molecule has 1 N–H and O–H groups in total. The molecule has 0 atom stereocenters. The molecule has 0 radical (unpaired) electrons. The zero-order chi connectivity index (χ0) is 21.1. The third kappa shape index (κ3) is 4.43. The van der Waals surface area contributed by atoms with Gasteiger partial charge in [-0.25, -0.2) is 8.42 Å². The summed E-state index contributed by atoms with van der Waals surface area (Å²) < 4.78 is 39.2. The van der Waals surface area contributed by atoms with E-state index in [4.69, 9.17) is 9.47 Å². The van der Waals surface area contributed by atoms with Crippen LogP contribution in [0.5, 0.6) is 11.5 Å². The Bertz CT molecular complexity index is 1050. The molecule has 158 valence electrons. The van der Waals surface area contributed by atoms with Crippen LogP contribution in [-0.2, 0) is 10.0 Å². The number of rotatable bonds is 4. The molecule has 2 aliphatic rings. The van der Waals surface area contributed by atoms with E-state index in [2.05, 4.69) is 11.3 Å². The van der Waals surface area contributed by atoms with E-state index in [-0.39, 0.29) is 10.8 Å². The van der Waals surface area contributed by atoms with Crippen molar-refractivity contribution in [1.82, 2.24) is 4.90 Å². The normalized spacial score (nSPS) is 16.7. The van der Waals surface area contributed by atoms with Crippen LogP contribution in [0, 0.1) is 0 Å². The number of carbonyl (C=O) groups excluding carboxylic acids is 1. The number of nitrogens with zero attached hydrogens (tertiary/aromatic N) is 1. The Labute approximate surface area is 176 Å². The minimum Gasteiger partial charge on any atom is -0.490 e. The molecule has 0 unspecified atom stereocenters. The number of nitrogens with one attached hydrogen (secondary N) is 1. The van der Waals surface area contributed by atoms with Crippen LogP contribution in [0.4, 0.5) is 5.69 Å². The maximum absolute atomic E-state index is 12.8. The van der Waals surface area contributed by atoms with Gasteiger partial charge in [-0.1, -0.05) is 12.2 Å². The molecule has 1 saturated heterocycles. The van der Waals surface area contributed by atoms with Crippen LogP contribution in [0.2, 0.25) is 0 Å². The summed E-state index contributed by atoms with van der Waals surface area (Å²) in [6, 6.07) is 11.0. The fraction of sp³-hybridized carbons (Fsp3) is 0.318. The monoisotopic (exact) mass is 428 g/mol. The minimum atomic E-state index is -3.81. The van der Waals surface area contributed by atoms with Gasteiger partial charge in [0, 0.05) is 36.8 Å². The third-order valence-electron chi connectivity index (χ3n) is 5.17. The lowest BCUT2D eigenvalue weighted by atomic mass is 10.0. The van der Waals surface area contributed by atoms with Crippen LogP contribution in [0.15, 0.2) is 59.5 Å². The van der Waals surface area contributed by atoms with Crippen LogP contribution in [0.25, 0.3) is 0 Å². The average Bonchev–Trinajstić information content (AvgIpc) is 2.99. The zero-order valence-corrected chi connectivity index (χ0v) is 17.4. The number of amides is 1. The molecule has 1 fully saturated rings. The van der Waals surface area contributed by atoms with E-state index in [1.807, 2.05) is 0 Å². The second-order valence-electron chi connectivity index (χ2n) is 7.38. The maximum atomic E-state index is 12.8. The summed E-state index contributed by atoms with van der Waals surface area (Å²) in [6.45, 7) is 6.30. The van der Waals surface area contributed by atoms with Crippen molar-refractivity contribution in [2.45, 2.75) is 24.2 Å². The highest BCUT2D eigenvalue weighted by molar-refractivity contribution is 7.92. The van der Waals surface area contributed by atoms with Crippen LogP contribution in [0.1, 0.15) is 29.6 Å². The summed E-state index contributed by atoms with van der Waals surface area (Å²) >= 11 is 0. The van der Waals surface area contributed by atoms with Crippen molar-refractivity contribution in [2.24, 2.45) is 0 Å². The summed E-state index contributed by atoms with van der Waals surface area (Å²) in [5, 5.41) is 0. The number of fused-ring (bicyclic) bond motifs is 1. The molecule has 4 rings (SSSR count). The molecule has 8 heteroatoms. The Morgan fingerprint density at radius 3 is 2.33 bits per heavy atom. The first-order chi connectivity index (χ1) is 14.4. The largest absolute Gasteiger partial charge is 0.490 e. The molecule has 2 heterocycles. The number of likely N-dealkylation sites (tertiary alicyclic amines) is 1. The van der Waals surface area contributed by atoms with Gasteiger partial charge in [-0.15, -0.1) is 0 Å². The van der Waals surface area contributed by atoms with Crippen LogP contribution in [-0.4, -0.2) is 45.5 Å². The molecular formula is C22H24N2O5S. The summed E-state index contributed by atoms with van der Waals surface area (Å²) in [4.78, 5) is 14.5. The Morgan fingerprint density at radius 2 is 1.63 bits per heavy atom. The molecule has 2 aromatic rings. The Balaban J connectivity index is 1.47. The van der Waals surface area contributed by atoms with Gasteiger partial charge in [0.05, 0.1) is 18.1 Å². The second-order valence-corrected chi connectivity index (χ2v) is 9.07. The van der Waals surface area contributed by atoms with Crippen molar-refractivity contribution in [1.29, 1.82) is 0 Å². The van der Waals surface area contributed by atoms with E-state index in [0.717, 1.165) is 19.3 Å². The van der Waals surface area contributed by atoms with E-state index in [9.17, 15) is 13.2 Å². The van der Waals surface area contributed by atoms with Crippen molar-refractivity contribution in [3.63, 3.8) is 0 Å². The van der Waals surface area contributed by atoms with E-state index in [1.54, 1.807) is 35.2 Å². The molecule has 7 nitrogen and oxygen atoms in total. The lowest BCUT2D eigenvalue weighted by Gasteiger charge is -2.28. The molecule has 0 spiro atoms. The van der Waals surface area contributed by atoms with Gasteiger partial charge >= 0.3 is 0 Å². The predicted molar refractivity (Wildman–Crippen MR) is 114 cm³/mol. The summed E-state index contributed by atoms with van der Waals surface area (Å²) in [6.07, 6.45) is 2.38. The molecule has 2 aliphatic heterocycles. The number of benzene rings is 2. The number of hydrogen-bond donors (Lipinski definition) is 1. The fourth-order valence-electron chi connectivity index (χ4n) is 3.41. The highest BCUT2D eigenvalue weighted by Gasteiger charge is 2.21. The Hall–Kier alpha value is -3.00. The number of carbonyl (C=O) groups is 1. The number of hydrogen-bond acceptors (Lipinski definition) is 5. The summed E-state index contributed by atoms with van der Waals surface area (Å²) in [5.74, 6) is 0.899. The average molecular weight is 429 g/mol. The van der Waals surface area contributed by atoms with Crippen molar-refractivity contribution >= 4 is 21.6 Å².